The van der Waals surface area contributed by atoms with Crippen LogP contribution in [0.2, 0.25) is 20.1 Å². The van der Waals surface area contributed by atoms with Gasteiger partial charge in [-0.15, -0.1) is 0 Å². The molecule has 0 fully saturated rings. The molecule has 94 valence electrons. The third-order valence-corrected chi connectivity index (χ3v) is 5.18. The van der Waals surface area contributed by atoms with Crippen molar-refractivity contribution in [3.8, 4) is 0 Å². The second kappa shape index (κ2) is 6.59. The lowest BCUT2D eigenvalue weighted by molar-refractivity contribution is 0.108. The van der Waals surface area contributed by atoms with Crippen molar-refractivity contribution in [2.75, 3.05) is 6.16 Å². The number of hydrogen-bond donors (Lipinski definition) is 0. The van der Waals surface area contributed by atoms with Gasteiger partial charge < -0.3 is 0 Å². The third-order valence-electron chi connectivity index (χ3n) is 2.01. The molecule has 0 N–H and O–H groups in total. The van der Waals surface area contributed by atoms with E-state index in [1.54, 1.807) is 0 Å². The summed E-state index contributed by atoms with van der Waals surface area (Å²) in [4.78, 5) is 12.0. The second-order valence-electron chi connectivity index (χ2n) is 3.95. The molecule has 0 saturated heterocycles. The molecule has 0 spiro atoms. The van der Waals surface area contributed by atoms with E-state index < -0.39 is 0 Å². The van der Waals surface area contributed by atoms with Gasteiger partial charge >= 0.3 is 0 Å². The van der Waals surface area contributed by atoms with E-state index in [2.05, 4.69) is 13.8 Å². The standard InChI is InChI=1S/C11H11Cl4OP/c1-5(2)4-17-11(16)8-9(14)6(12)3-7(13)10(8)15/h3,5,17H,4H2,1-2H3. The minimum Gasteiger partial charge on any atom is -0.289 e. The molecule has 0 bridgehead atoms. The van der Waals surface area contributed by atoms with Gasteiger partial charge in [0, 0.05) is 0 Å². The highest BCUT2D eigenvalue weighted by Gasteiger charge is 2.20. The zero-order chi connectivity index (χ0) is 13.2. The summed E-state index contributed by atoms with van der Waals surface area (Å²) in [7, 11) is 0.124. The van der Waals surface area contributed by atoms with Crippen LogP contribution in [0.4, 0.5) is 0 Å². The molecule has 0 aliphatic heterocycles. The summed E-state index contributed by atoms with van der Waals surface area (Å²) in [6.07, 6.45) is 0.801. The molecule has 1 aromatic carbocycles. The summed E-state index contributed by atoms with van der Waals surface area (Å²) in [5.41, 5.74) is 0.142. The summed E-state index contributed by atoms with van der Waals surface area (Å²) in [5, 5.41) is 0.863. The Morgan fingerprint density at radius 2 is 1.65 bits per heavy atom. The van der Waals surface area contributed by atoms with Crippen LogP contribution in [0.1, 0.15) is 24.2 Å². The lowest BCUT2D eigenvalue weighted by Crippen LogP contribution is -1.99. The van der Waals surface area contributed by atoms with Crippen LogP contribution in [-0.4, -0.2) is 11.7 Å². The van der Waals surface area contributed by atoms with Crippen molar-refractivity contribution in [1.82, 2.24) is 0 Å². The van der Waals surface area contributed by atoms with Crippen molar-refractivity contribution in [3.05, 3.63) is 31.7 Å². The van der Waals surface area contributed by atoms with E-state index in [-0.39, 0.29) is 39.8 Å². The van der Waals surface area contributed by atoms with Crippen LogP contribution in [-0.2, 0) is 0 Å². The minimum absolute atomic E-state index is 0.0990. The van der Waals surface area contributed by atoms with Gasteiger partial charge in [-0.3, -0.25) is 4.79 Å². The molecular weight excluding hydrogens is 321 g/mol. The first-order chi connectivity index (χ1) is 7.84. The maximum absolute atomic E-state index is 12.0. The van der Waals surface area contributed by atoms with Gasteiger partial charge in [0.2, 0.25) is 0 Å². The van der Waals surface area contributed by atoms with E-state index in [4.69, 9.17) is 46.4 Å². The second-order valence-corrected chi connectivity index (χ2v) is 6.73. The number of benzene rings is 1. The Morgan fingerprint density at radius 3 is 2.06 bits per heavy atom. The van der Waals surface area contributed by atoms with Gasteiger partial charge in [-0.1, -0.05) is 60.3 Å². The fourth-order valence-electron chi connectivity index (χ4n) is 1.16. The van der Waals surface area contributed by atoms with Gasteiger partial charge in [0.15, 0.2) is 5.52 Å². The van der Waals surface area contributed by atoms with Crippen LogP contribution in [0.5, 0.6) is 0 Å². The van der Waals surface area contributed by atoms with Gasteiger partial charge in [-0.2, -0.15) is 0 Å². The quantitative estimate of drug-likeness (QED) is 0.505. The molecule has 17 heavy (non-hydrogen) atoms. The van der Waals surface area contributed by atoms with E-state index in [0.29, 0.717) is 5.92 Å². The average molecular weight is 332 g/mol. The van der Waals surface area contributed by atoms with E-state index in [1.807, 2.05) is 0 Å². The number of rotatable bonds is 4. The van der Waals surface area contributed by atoms with Crippen molar-refractivity contribution < 1.29 is 4.79 Å². The normalized spacial score (nSPS) is 11.7. The highest BCUT2D eigenvalue weighted by Crippen LogP contribution is 2.40. The van der Waals surface area contributed by atoms with E-state index in [0.717, 1.165) is 6.16 Å². The Labute approximate surface area is 123 Å². The summed E-state index contributed by atoms with van der Waals surface area (Å²) in [5.74, 6) is 0.449. The molecule has 0 aliphatic rings. The van der Waals surface area contributed by atoms with Crippen molar-refractivity contribution in [2.24, 2.45) is 5.92 Å². The molecule has 1 aromatic rings. The Kier molecular flexibility index (Phi) is 6.02. The van der Waals surface area contributed by atoms with Crippen LogP contribution in [0, 0.1) is 5.92 Å². The lowest BCUT2D eigenvalue weighted by Gasteiger charge is -2.10. The van der Waals surface area contributed by atoms with Gasteiger partial charge in [0.25, 0.3) is 0 Å². The van der Waals surface area contributed by atoms with E-state index in [1.165, 1.54) is 6.07 Å². The van der Waals surface area contributed by atoms with Crippen LogP contribution in [0.15, 0.2) is 6.07 Å². The molecular formula is C11H11Cl4OP. The monoisotopic (exact) mass is 330 g/mol. The first-order valence-corrected chi connectivity index (χ1v) is 7.67. The van der Waals surface area contributed by atoms with Crippen molar-refractivity contribution in [3.63, 3.8) is 0 Å². The largest absolute Gasteiger partial charge is 0.289 e. The maximum atomic E-state index is 12.0. The molecule has 1 nitrogen and oxygen atoms in total. The number of hydrogen-bond acceptors (Lipinski definition) is 1. The highest BCUT2D eigenvalue weighted by atomic mass is 35.5. The predicted molar refractivity (Wildman–Crippen MR) is 78.8 cm³/mol. The number of carbonyl (C=O) groups excluding carboxylic acids is 1. The van der Waals surface area contributed by atoms with Crippen LogP contribution < -0.4 is 0 Å². The molecule has 0 aromatic heterocycles. The lowest BCUT2D eigenvalue weighted by atomic mass is 10.2. The molecule has 1 atom stereocenters. The van der Waals surface area contributed by atoms with Gasteiger partial charge in [-0.25, -0.2) is 0 Å². The smallest absolute Gasteiger partial charge is 0.184 e. The number of carbonyl (C=O) groups is 1. The third kappa shape index (κ3) is 3.98. The zero-order valence-corrected chi connectivity index (χ0v) is 13.3. The molecule has 0 amide bonds. The first kappa shape index (κ1) is 15.5. The highest BCUT2D eigenvalue weighted by molar-refractivity contribution is 7.58. The van der Waals surface area contributed by atoms with E-state index in [9.17, 15) is 4.79 Å². The van der Waals surface area contributed by atoms with Gasteiger partial charge in [-0.05, 0) is 26.7 Å². The maximum Gasteiger partial charge on any atom is 0.184 e. The molecule has 1 unspecified atom stereocenters. The summed E-state index contributed by atoms with van der Waals surface area (Å²) in [6.45, 7) is 4.10. The Morgan fingerprint density at radius 1 is 1.18 bits per heavy atom. The molecule has 1 rings (SSSR count). The molecule has 0 aliphatic carbocycles. The Hall–Kier alpha value is 0.480. The van der Waals surface area contributed by atoms with Gasteiger partial charge in [0.05, 0.1) is 25.7 Å². The minimum atomic E-state index is -0.0990. The van der Waals surface area contributed by atoms with Crippen molar-refractivity contribution in [1.29, 1.82) is 0 Å². The zero-order valence-electron chi connectivity index (χ0n) is 9.28. The number of halogens is 4. The average Bonchev–Trinajstić information content (AvgIpc) is 2.24. The summed E-state index contributed by atoms with van der Waals surface area (Å²) < 4.78 is 0. The molecule has 6 heteroatoms. The Bertz CT molecular complexity index is 419. The van der Waals surface area contributed by atoms with Crippen LogP contribution >= 0.6 is 55.0 Å². The SMILES string of the molecule is CC(C)CPC(=O)c1c(Cl)c(Cl)cc(Cl)c1Cl. The van der Waals surface area contributed by atoms with Crippen LogP contribution in [0.25, 0.3) is 0 Å². The molecule has 0 heterocycles. The molecule has 0 radical (unpaired) electrons. The van der Waals surface area contributed by atoms with Crippen molar-refractivity contribution >= 4 is 60.5 Å². The van der Waals surface area contributed by atoms with E-state index >= 15 is 0 Å². The topological polar surface area (TPSA) is 17.1 Å². The summed E-state index contributed by atoms with van der Waals surface area (Å²) in [6, 6.07) is 1.44. The fourth-order valence-corrected chi connectivity index (χ4v) is 3.32. The molecule has 0 saturated carbocycles. The van der Waals surface area contributed by atoms with Gasteiger partial charge in [0.1, 0.15) is 0 Å². The first-order valence-electron chi connectivity index (χ1n) is 4.95. The predicted octanol–water partition coefficient (Wildman–Crippen LogP) is 5.77. The van der Waals surface area contributed by atoms with Crippen molar-refractivity contribution in [2.45, 2.75) is 13.8 Å². The summed E-state index contributed by atoms with van der Waals surface area (Å²) >= 11 is 23.7. The Balaban J connectivity index is 3.08. The fraction of sp³-hybridized carbons (Fsp3) is 0.364. The van der Waals surface area contributed by atoms with Crippen LogP contribution in [0.3, 0.4) is 0 Å².